The Bertz CT molecular complexity index is 953. The van der Waals surface area contributed by atoms with Crippen LogP contribution >= 0.6 is 0 Å². The molecule has 2 atom stereocenters. The van der Waals surface area contributed by atoms with E-state index in [0.717, 1.165) is 28.9 Å². The van der Waals surface area contributed by atoms with Crippen LogP contribution in [0.15, 0.2) is 60.8 Å². The fraction of sp³-hybridized carbons (Fsp3) is 0.304. The number of H-pyrrole nitrogens is 1. The molecule has 0 saturated carbocycles. The van der Waals surface area contributed by atoms with E-state index < -0.39 is 6.10 Å². The molecule has 1 aliphatic heterocycles. The van der Waals surface area contributed by atoms with Crippen molar-refractivity contribution in [2.75, 3.05) is 20.2 Å². The largest absolute Gasteiger partial charge is 0.365 e. The number of benzene rings is 2. The Kier molecular flexibility index (Phi) is 5.74. The number of carbonyl (C=O) groups is 1. The Morgan fingerprint density at radius 2 is 1.97 bits per heavy atom. The fourth-order valence-corrected chi connectivity index (χ4v) is 3.78. The number of aryl methyl sites for hydroxylation is 1. The Labute approximate surface area is 170 Å². The summed E-state index contributed by atoms with van der Waals surface area (Å²) < 4.78 is 5.90. The average molecular weight is 390 g/mol. The van der Waals surface area contributed by atoms with Crippen molar-refractivity contribution >= 4 is 5.91 Å². The van der Waals surface area contributed by atoms with E-state index in [0.29, 0.717) is 13.2 Å². The maximum atomic E-state index is 13.0. The second-order valence-electron chi connectivity index (χ2n) is 7.48. The van der Waals surface area contributed by atoms with Crippen LogP contribution in [0.5, 0.6) is 0 Å². The monoisotopic (exact) mass is 390 g/mol. The van der Waals surface area contributed by atoms with Crippen LogP contribution in [0.25, 0.3) is 11.3 Å². The first-order valence-electron chi connectivity index (χ1n) is 9.87. The van der Waals surface area contributed by atoms with E-state index in [4.69, 9.17) is 4.74 Å². The lowest BCUT2D eigenvalue weighted by molar-refractivity contribution is -0.144. The highest BCUT2D eigenvalue weighted by atomic mass is 16.5. The molecule has 1 aliphatic rings. The van der Waals surface area contributed by atoms with Gasteiger partial charge in [0.05, 0.1) is 24.5 Å². The molecule has 0 spiro atoms. The molecule has 1 fully saturated rings. The molecule has 2 N–H and O–H groups in total. The fourth-order valence-electron chi connectivity index (χ4n) is 3.78. The first-order valence-corrected chi connectivity index (χ1v) is 9.87. The van der Waals surface area contributed by atoms with E-state index in [1.54, 1.807) is 6.20 Å². The van der Waals surface area contributed by atoms with Gasteiger partial charge in [0.1, 0.15) is 0 Å². The number of morpholine rings is 1. The number of hydrogen-bond donors (Lipinski definition) is 2. The molecule has 29 heavy (non-hydrogen) atoms. The summed E-state index contributed by atoms with van der Waals surface area (Å²) in [6, 6.07) is 18.2. The van der Waals surface area contributed by atoms with Gasteiger partial charge in [0, 0.05) is 18.7 Å². The highest BCUT2D eigenvalue weighted by Crippen LogP contribution is 2.28. The van der Waals surface area contributed by atoms with Crippen molar-refractivity contribution < 1.29 is 9.53 Å². The molecule has 0 unspecified atom stereocenters. The van der Waals surface area contributed by atoms with E-state index in [1.807, 2.05) is 37.4 Å². The van der Waals surface area contributed by atoms with E-state index in [9.17, 15) is 4.79 Å². The van der Waals surface area contributed by atoms with Gasteiger partial charge in [0.25, 0.3) is 5.91 Å². The number of aromatic amines is 1. The van der Waals surface area contributed by atoms with Gasteiger partial charge in [-0.1, -0.05) is 60.2 Å². The lowest BCUT2D eigenvalue weighted by Crippen LogP contribution is -2.50. The van der Waals surface area contributed by atoms with Crippen LogP contribution in [-0.4, -0.2) is 47.3 Å². The Balaban J connectivity index is 1.48. The second kappa shape index (κ2) is 8.59. The molecule has 0 bridgehead atoms. The maximum absolute atomic E-state index is 13.0. The number of likely N-dealkylation sites (N-methyl/N-ethyl adjacent to an activating group) is 1. The third kappa shape index (κ3) is 4.23. The highest BCUT2D eigenvalue weighted by molar-refractivity contribution is 5.82. The molecule has 1 aromatic heterocycles. The summed E-state index contributed by atoms with van der Waals surface area (Å²) in [5.41, 5.74) is 5.20. The number of ether oxygens (including phenoxy) is 1. The average Bonchev–Trinajstić information content (AvgIpc) is 3.21. The van der Waals surface area contributed by atoms with Gasteiger partial charge in [-0.05, 0) is 25.1 Å². The third-order valence-corrected chi connectivity index (χ3v) is 5.41. The smallest absolute Gasteiger partial charge is 0.251 e. The van der Waals surface area contributed by atoms with Crippen molar-refractivity contribution in [3.63, 3.8) is 0 Å². The minimum absolute atomic E-state index is 0.106. The normalized spacial score (nSPS) is 19.8. The predicted molar refractivity (Wildman–Crippen MR) is 112 cm³/mol. The zero-order valence-corrected chi connectivity index (χ0v) is 16.8. The summed E-state index contributed by atoms with van der Waals surface area (Å²) in [7, 11) is 2.03. The number of aromatic nitrogens is 2. The van der Waals surface area contributed by atoms with Crippen LogP contribution in [-0.2, 0) is 16.1 Å². The first kappa shape index (κ1) is 19.4. The minimum atomic E-state index is -0.550. The van der Waals surface area contributed by atoms with Crippen LogP contribution in [0, 0.1) is 6.92 Å². The number of rotatable bonds is 5. The lowest BCUT2D eigenvalue weighted by atomic mass is 9.98. The molecule has 2 aromatic carbocycles. The number of amides is 1. The van der Waals surface area contributed by atoms with Gasteiger partial charge >= 0.3 is 0 Å². The summed E-state index contributed by atoms with van der Waals surface area (Å²) in [6.07, 6.45) is 1.21. The molecular formula is C23H26N4O2. The molecule has 6 heteroatoms. The van der Waals surface area contributed by atoms with Crippen molar-refractivity contribution in [3.05, 3.63) is 77.5 Å². The number of hydrogen-bond acceptors (Lipinski definition) is 4. The zero-order valence-electron chi connectivity index (χ0n) is 16.8. The van der Waals surface area contributed by atoms with Crippen LogP contribution in [0.3, 0.4) is 0 Å². The third-order valence-electron chi connectivity index (χ3n) is 5.41. The van der Waals surface area contributed by atoms with Crippen molar-refractivity contribution in [2.24, 2.45) is 0 Å². The Morgan fingerprint density at radius 3 is 2.72 bits per heavy atom. The van der Waals surface area contributed by atoms with E-state index >= 15 is 0 Å². The molecule has 2 heterocycles. The predicted octanol–water partition coefficient (Wildman–Crippen LogP) is 3.07. The van der Waals surface area contributed by atoms with Crippen LogP contribution < -0.4 is 5.32 Å². The van der Waals surface area contributed by atoms with Crippen LogP contribution in [0.2, 0.25) is 0 Å². The van der Waals surface area contributed by atoms with Gasteiger partial charge in [0.15, 0.2) is 6.10 Å². The van der Waals surface area contributed by atoms with Gasteiger partial charge in [0.2, 0.25) is 0 Å². The van der Waals surface area contributed by atoms with Crippen LogP contribution in [0.4, 0.5) is 0 Å². The van der Waals surface area contributed by atoms with E-state index in [1.165, 1.54) is 5.56 Å². The summed E-state index contributed by atoms with van der Waals surface area (Å²) >= 11 is 0. The summed E-state index contributed by atoms with van der Waals surface area (Å²) in [5.74, 6) is -0.110. The van der Waals surface area contributed by atoms with Crippen LogP contribution in [0.1, 0.15) is 22.7 Å². The highest BCUT2D eigenvalue weighted by Gasteiger charge is 2.36. The van der Waals surface area contributed by atoms with E-state index in [-0.39, 0.29) is 11.9 Å². The van der Waals surface area contributed by atoms with Gasteiger partial charge in [-0.25, -0.2) is 0 Å². The van der Waals surface area contributed by atoms with Gasteiger partial charge in [-0.15, -0.1) is 0 Å². The first-order chi connectivity index (χ1) is 14.1. The molecule has 0 aliphatic carbocycles. The minimum Gasteiger partial charge on any atom is -0.365 e. The van der Waals surface area contributed by atoms with Crippen molar-refractivity contribution in [1.82, 2.24) is 20.4 Å². The molecule has 1 amide bonds. The standard InChI is InChI=1S/C23H26N4O2/c1-16-8-10-17(11-9-16)20-19(15-25-26-20)14-24-23(28)22-21(27(2)12-13-29-22)18-6-4-3-5-7-18/h3-11,15,21-22H,12-14H2,1-2H3,(H,24,28)(H,25,26)/t21-,22+/m0/s1. The quantitative estimate of drug-likeness (QED) is 0.702. The van der Waals surface area contributed by atoms with Gasteiger partial charge in [-0.3, -0.25) is 14.8 Å². The Morgan fingerprint density at radius 1 is 1.21 bits per heavy atom. The number of nitrogens with zero attached hydrogens (tertiary/aromatic N) is 2. The van der Waals surface area contributed by atoms with Gasteiger partial charge in [-0.2, -0.15) is 5.10 Å². The van der Waals surface area contributed by atoms with Crippen molar-refractivity contribution in [2.45, 2.75) is 25.6 Å². The molecule has 150 valence electrons. The topological polar surface area (TPSA) is 70.2 Å². The zero-order chi connectivity index (χ0) is 20.2. The van der Waals surface area contributed by atoms with Crippen molar-refractivity contribution in [3.8, 4) is 11.3 Å². The molecule has 6 nitrogen and oxygen atoms in total. The number of nitrogens with one attached hydrogen (secondary N) is 2. The summed E-state index contributed by atoms with van der Waals surface area (Å²) in [6.45, 7) is 3.78. The van der Waals surface area contributed by atoms with E-state index in [2.05, 4.69) is 51.6 Å². The summed E-state index contributed by atoms with van der Waals surface area (Å²) in [4.78, 5) is 15.2. The van der Waals surface area contributed by atoms with Gasteiger partial charge < -0.3 is 10.1 Å². The molecule has 3 aromatic rings. The maximum Gasteiger partial charge on any atom is 0.251 e. The summed E-state index contributed by atoms with van der Waals surface area (Å²) in [5, 5.41) is 10.3. The molecule has 0 radical (unpaired) electrons. The number of carbonyl (C=O) groups excluding carboxylic acids is 1. The Hall–Kier alpha value is -2.96. The molecular weight excluding hydrogens is 364 g/mol. The van der Waals surface area contributed by atoms with Crippen molar-refractivity contribution in [1.29, 1.82) is 0 Å². The molecule has 4 rings (SSSR count). The second-order valence-corrected chi connectivity index (χ2v) is 7.48. The molecule has 1 saturated heterocycles. The SMILES string of the molecule is Cc1ccc(-c2[nH]ncc2CNC(=O)[C@@H]2OCCN(C)[C@H]2c2ccccc2)cc1. The lowest BCUT2D eigenvalue weighted by Gasteiger charge is -2.38.